The smallest absolute Gasteiger partial charge is 0.293 e. The first-order chi connectivity index (χ1) is 2.91. The maximum atomic E-state index is 9.31. The molecule has 0 amide bonds. The van der Waals surface area contributed by atoms with Crippen LogP contribution < -0.4 is 0 Å². The Bertz CT molecular complexity index is 34.5. The summed E-state index contributed by atoms with van der Waals surface area (Å²) in [7, 11) is 0. The van der Waals surface area contributed by atoms with Crippen LogP contribution in [0.15, 0.2) is 0 Å². The van der Waals surface area contributed by atoms with E-state index in [1.54, 1.807) is 0 Å². The zero-order valence-electron chi connectivity index (χ0n) is 3.52. The van der Waals surface area contributed by atoms with Gasteiger partial charge in [0.1, 0.15) is 0 Å². The molecule has 0 aliphatic heterocycles. The van der Waals surface area contributed by atoms with E-state index in [1.807, 2.05) is 0 Å². The zero-order valence-corrected chi connectivity index (χ0v) is 3.52. The third kappa shape index (κ3) is 3.47. The van der Waals surface area contributed by atoms with Crippen LogP contribution in [0.1, 0.15) is 6.42 Å². The van der Waals surface area contributed by atoms with Gasteiger partial charge in [0.05, 0.1) is 6.61 Å². The second-order valence-electron chi connectivity index (χ2n) is 0.821. The first kappa shape index (κ1) is 5.47. The summed E-state index contributed by atoms with van der Waals surface area (Å²) in [6.07, 6.45) is 0.652. The molecule has 0 spiro atoms. The maximum absolute atomic E-state index is 9.31. The minimum atomic E-state index is 0.422. The third-order valence-electron chi connectivity index (χ3n) is 0.330. The number of hydrogen-bond donors (Lipinski definition) is 0. The molecule has 0 saturated heterocycles. The fourth-order valence-electron chi connectivity index (χ4n) is 0.131. The van der Waals surface area contributed by atoms with Gasteiger partial charge in [-0.05, 0) is 13.3 Å². The summed E-state index contributed by atoms with van der Waals surface area (Å²) in [4.78, 5) is 9.31. The number of carbonyl (C=O) groups excluding carboxylic acids is 1. The molecule has 35 valence electrons. The largest absolute Gasteiger partial charge is 0.468 e. The van der Waals surface area contributed by atoms with Gasteiger partial charge in [-0.1, -0.05) is 0 Å². The van der Waals surface area contributed by atoms with Gasteiger partial charge in [-0.25, -0.2) is 0 Å². The van der Waals surface area contributed by atoms with Crippen molar-refractivity contribution in [1.29, 1.82) is 0 Å². The van der Waals surface area contributed by atoms with Crippen LogP contribution in [0.2, 0.25) is 0 Å². The summed E-state index contributed by atoms with van der Waals surface area (Å²) in [5.41, 5.74) is 0. The lowest BCUT2D eigenvalue weighted by Gasteiger charge is -1.86. The quantitative estimate of drug-likeness (QED) is 0.367. The summed E-state index contributed by atoms with van der Waals surface area (Å²) >= 11 is 0. The van der Waals surface area contributed by atoms with Crippen LogP contribution in [0.25, 0.3) is 0 Å². The van der Waals surface area contributed by atoms with E-state index in [2.05, 4.69) is 11.7 Å². The Morgan fingerprint density at radius 2 is 2.50 bits per heavy atom. The summed E-state index contributed by atoms with van der Waals surface area (Å²) in [6, 6.07) is 0. The highest BCUT2D eigenvalue weighted by atomic mass is 16.5. The molecule has 6 heavy (non-hydrogen) atoms. The van der Waals surface area contributed by atoms with Gasteiger partial charge in [0.25, 0.3) is 6.47 Å². The first-order valence-corrected chi connectivity index (χ1v) is 1.76. The van der Waals surface area contributed by atoms with E-state index in [9.17, 15) is 4.79 Å². The van der Waals surface area contributed by atoms with Crippen molar-refractivity contribution >= 4 is 6.47 Å². The van der Waals surface area contributed by atoms with Gasteiger partial charge < -0.3 is 4.74 Å². The Labute approximate surface area is 37.1 Å². The van der Waals surface area contributed by atoms with Crippen molar-refractivity contribution in [1.82, 2.24) is 0 Å². The molecule has 0 aliphatic rings. The minimum Gasteiger partial charge on any atom is -0.468 e. The molecular formula is C4H7O2. The fraction of sp³-hybridized carbons (Fsp3) is 0.500. The maximum Gasteiger partial charge on any atom is 0.293 e. The van der Waals surface area contributed by atoms with Gasteiger partial charge in [0.15, 0.2) is 0 Å². The third-order valence-corrected chi connectivity index (χ3v) is 0.330. The van der Waals surface area contributed by atoms with Crippen LogP contribution in [-0.4, -0.2) is 13.1 Å². The standard InChI is InChI=1S/C4H7O2/c1-2-3-6-4-5/h4H,1-3H2. The zero-order chi connectivity index (χ0) is 4.83. The highest BCUT2D eigenvalue weighted by Crippen LogP contribution is 1.70. The lowest BCUT2D eigenvalue weighted by atomic mass is 10.5. The van der Waals surface area contributed by atoms with E-state index in [0.29, 0.717) is 19.5 Å². The van der Waals surface area contributed by atoms with E-state index < -0.39 is 0 Å². The average Bonchev–Trinajstić information content (AvgIpc) is 1.61. The lowest BCUT2D eigenvalue weighted by molar-refractivity contribution is -0.128. The topological polar surface area (TPSA) is 26.3 Å². The molecule has 2 nitrogen and oxygen atoms in total. The molecule has 0 aromatic carbocycles. The number of hydrogen-bond acceptors (Lipinski definition) is 2. The van der Waals surface area contributed by atoms with Gasteiger partial charge in [0.2, 0.25) is 0 Å². The molecular weight excluding hydrogens is 80.0 g/mol. The highest BCUT2D eigenvalue weighted by Gasteiger charge is 1.71. The van der Waals surface area contributed by atoms with Gasteiger partial charge >= 0.3 is 0 Å². The Morgan fingerprint density at radius 1 is 1.83 bits per heavy atom. The average molecular weight is 87.1 g/mol. The van der Waals surface area contributed by atoms with Gasteiger partial charge in [0, 0.05) is 0 Å². The van der Waals surface area contributed by atoms with Crippen molar-refractivity contribution in [2.24, 2.45) is 0 Å². The SMILES string of the molecule is [CH2]CCOC=O. The summed E-state index contributed by atoms with van der Waals surface area (Å²) in [5, 5.41) is 0. The van der Waals surface area contributed by atoms with Crippen molar-refractivity contribution in [2.45, 2.75) is 6.42 Å². The number of carbonyl (C=O) groups is 1. The van der Waals surface area contributed by atoms with E-state index in [-0.39, 0.29) is 0 Å². The summed E-state index contributed by atoms with van der Waals surface area (Å²) in [5.74, 6) is 0. The van der Waals surface area contributed by atoms with Gasteiger partial charge in [-0.2, -0.15) is 0 Å². The van der Waals surface area contributed by atoms with E-state index >= 15 is 0 Å². The van der Waals surface area contributed by atoms with Gasteiger partial charge in [-0.15, -0.1) is 0 Å². The number of rotatable bonds is 3. The molecule has 0 rings (SSSR count). The van der Waals surface area contributed by atoms with E-state index in [1.165, 1.54) is 0 Å². The monoisotopic (exact) mass is 87.0 g/mol. The van der Waals surface area contributed by atoms with Crippen LogP contribution >= 0.6 is 0 Å². The minimum absolute atomic E-state index is 0.422. The molecule has 1 radical (unpaired) electrons. The highest BCUT2D eigenvalue weighted by molar-refractivity contribution is 5.36. The Hall–Kier alpha value is -0.530. The molecule has 0 atom stereocenters. The van der Waals surface area contributed by atoms with Crippen molar-refractivity contribution in [3.05, 3.63) is 6.92 Å². The first-order valence-electron chi connectivity index (χ1n) is 1.76. The number of ether oxygens (including phenoxy) is 1. The predicted molar refractivity (Wildman–Crippen MR) is 22.0 cm³/mol. The second kappa shape index (κ2) is 4.47. The molecule has 0 aliphatic carbocycles. The van der Waals surface area contributed by atoms with Crippen LogP contribution in [-0.2, 0) is 9.53 Å². The van der Waals surface area contributed by atoms with Crippen molar-refractivity contribution < 1.29 is 9.53 Å². The molecule has 0 heterocycles. The van der Waals surface area contributed by atoms with Crippen molar-refractivity contribution in [3.63, 3.8) is 0 Å². The van der Waals surface area contributed by atoms with E-state index in [4.69, 9.17) is 0 Å². The molecule has 0 saturated carbocycles. The van der Waals surface area contributed by atoms with Crippen LogP contribution in [0.3, 0.4) is 0 Å². The molecule has 0 aromatic rings. The fourth-order valence-corrected chi connectivity index (χ4v) is 0.131. The van der Waals surface area contributed by atoms with Crippen LogP contribution in [0.4, 0.5) is 0 Å². The Kier molecular flexibility index (Phi) is 4.08. The Morgan fingerprint density at radius 3 is 2.67 bits per heavy atom. The molecule has 0 fully saturated rings. The Balaban J connectivity index is 2.49. The van der Waals surface area contributed by atoms with Crippen LogP contribution in [0, 0.1) is 6.92 Å². The molecule has 0 aromatic heterocycles. The van der Waals surface area contributed by atoms with E-state index in [0.717, 1.165) is 0 Å². The summed E-state index contributed by atoms with van der Waals surface area (Å²) < 4.78 is 4.24. The normalized spacial score (nSPS) is 7.50. The second-order valence-corrected chi connectivity index (χ2v) is 0.821. The predicted octanol–water partition coefficient (Wildman–Crippen LogP) is 0.384. The molecule has 0 bridgehead atoms. The molecule has 2 heteroatoms. The molecule has 0 unspecified atom stereocenters. The van der Waals surface area contributed by atoms with Gasteiger partial charge in [-0.3, -0.25) is 4.79 Å². The lowest BCUT2D eigenvalue weighted by Crippen LogP contribution is -1.86. The van der Waals surface area contributed by atoms with Crippen molar-refractivity contribution in [3.8, 4) is 0 Å². The van der Waals surface area contributed by atoms with Crippen molar-refractivity contribution in [2.75, 3.05) is 6.61 Å². The van der Waals surface area contributed by atoms with Crippen LogP contribution in [0.5, 0.6) is 0 Å². The molecule has 0 N–H and O–H groups in total. The summed E-state index contributed by atoms with van der Waals surface area (Å²) in [6.45, 7) is 4.30.